The maximum atomic E-state index is 11.8. The molecule has 0 radical (unpaired) electrons. The average molecular weight is 322 g/mol. The lowest BCUT2D eigenvalue weighted by atomic mass is 10.0. The first-order valence-electron chi connectivity index (χ1n) is 6.85. The number of aromatic amines is 1. The Hall–Kier alpha value is -2.35. The Bertz CT molecular complexity index is 738. The quantitative estimate of drug-likeness (QED) is 0.640. The molecular formula is C14H18N4O3S. The lowest BCUT2D eigenvalue weighted by molar-refractivity contribution is 0.0702. The van der Waals surface area contributed by atoms with Gasteiger partial charge in [0.15, 0.2) is 0 Å². The number of hydrogen-bond donors (Lipinski definition) is 4. The van der Waals surface area contributed by atoms with Gasteiger partial charge >= 0.3 is 5.97 Å². The van der Waals surface area contributed by atoms with Gasteiger partial charge in [-0.05, 0) is 37.3 Å². The third kappa shape index (κ3) is 3.64. The zero-order valence-electron chi connectivity index (χ0n) is 12.1. The molecule has 0 spiro atoms. The molecule has 0 saturated heterocycles. The van der Waals surface area contributed by atoms with Gasteiger partial charge in [-0.25, -0.2) is 4.79 Å². The van der Waals surface area contributed by atoms with Gasteiger partial charge in [0.1, 0.15) is 10.7 Å². The number of carbonyl (C=O) groups is 1. The summed E-state index contributed by atoms with van der Waals surface area (Å²) < 4.78 is 0. The van der Waals surface area contributed by atoms with Crippen LogP contribution in [0.15, 0.2) is 16.9 Å². The van der Waals surface area contributed by atoms with Gasteiger partial charge in [-0.15, -0.1) is 11.3 Å². The fourth-order valence-electron chi connectivity index (χ4n) is 2.23. The van der Waals surface area contributed by atoms with Crippen LogP contribution in [-0.2, 0) is 6.42 Å². The molecule has 0 bridgehead atoms. The summed E-state index contributed by atoms with van der Waals surface area (Å²) in [5.74, 6) is -0.506. The zero-order chi connectivity index (χ0) is 16.3. The molecule has 0 aliphatic rings. The van der Waals surface area contributed by atoms with Crippen LogP contribution >= 0.6 is 11.3 Å². The fraction of sp³-hybridized carbons (Fsp3) is 0.357. The van der Waals surface area contributed by atoms with Crippen molar-refractivity contribution in [1.29, 1.82) is 0 Å². The van der Waals surface area contributed by atoms with E-state index < -0.39 is 5.97 Å². The lowest BCUT2D eigenvalue weighted by Gasteiger charge is -2.09. The molecule has 7 nitrogen and oxygen atoms in total. The molecule has 0 aromatic carbocycles. The molecule has 118 valence electrons. The second kappa shape index (κ2) is 6.61. The first-order chi connectivity index (χ1) is 10.4. The van der Waals surface area contributed by atoms with Gasteiger partial charge < -0.3 is 16.6 Å². The van der Waals surface area contributed by atoms with E-state index in [1.54, 1.807) is 6.07 Å². The van der Waals surface area contributed by atoms with E-state index in [4.69, 9.17) is 16.6 Å². The number of aromatic nitrogens is 2. The van der Waals surface area contributed by atoms with Gasteiger partial charge in [0.25, 0.3) is 5.56 Å². The minimum atomic E-state index is -0.907. The molecule has 1 atom stereocenters. The van der Waals surface area contributed by atoms with Gasteiger partial charge in [-0.2, -0.15) is 4.98 Å². The first-order valence-corrected chi connectivity index (χ1v) is 7.67. The number of aromatic carboxylic acids is 1. The predicted octanol–water partition coefficient (Wildman–Crippen LogP) is 1.82. The lowest BCUT2D eigenvalue weighted by Crippen LogP contribution is -2.19. The van der Waals surface area contributed by atoms with Gasteiger partial charge in [-0.1, -0.05) is 6.92 Å². The van der Waals surface area contributed by atoms with Crippen molar-refractivity contribution in [2.24, 2.45) is 0 Å². The van der Waals surface area contributed by atoms with E-state index in [0.717, 1.165) is 17.7 Å². The summed E-state index contributed by atoms with van der Waals surface area (Å²) >= 11 is 1.28. The van der Waals surface area contributed by atoms with E-state index in [1.807, 2.05) is 13.0 Å². The minimum absolute atomic E-state index is 0.0133. The molecule has 0 amide bonds. The summed E-state index contributed by atoms with van der Waals surface area (Å²) in [6, 6.07) is 3.45. The molecule has 0 saturated carbocycles. The van der Waals surface area contributed by atoms with E-state index in [0.29, 0.717) is 16.9 Å². The molecule has 2 aromatic rings. The summed E-state index contributed by atoms with van der Waals surface area (Å²) in [6.07, 6.45) is 2.08. The molecule has 0 aliphatic heterocycles. The largest absolute Gasteiger partial charge is 0.477 e. The number of hydrogen-bond acceptors (Lipinski definition) is 6. The van der Waals surface area contributed by atoms with Crippen molar-refractivity contribution in [2.45, 2.75) is 32.1 Å². The van der Waals surface area contributed by atoms with Gasteiger partial charge in [-0.3, -0.25) is 9.78 Å². The first kappa shape index (κ1) is 16.0. The third-order valence-corrected chi connectivity index (χ3v) is 4.76. The third-order valence-electron chi connectivity index (χ3n) is 3.45. The Morgan fingerprint density at radius 1 is 1.45 bits per heavy atom. The van der Waals surface area contributed by atoms with Crippen LogP contribution in [0.1, 0.15) is 45.8 Å². The van der Waals surface area contributed by atoms with Crippen LogP contribution in [0.3, 0.4) is 0 Å². The smallest absolute Gasteiger partial charge is 0.345 e. The molecule has 2 aromatic heterocycles. The van der Waals surface area contributed by atoms with Crippen molar-refractivity contribution in [2.75, 3.05) is 11.5 Å². The molecule has 2 heterocycles. The summed E-state index contributed by atoms with van der Waals surface area (Å²) in [5, 5.41) is 8.93. The number of anilines is 2. The maximum absolute atomic E-state index is 11.8. The van der Waals surface area contributed by atoms with Crippen molar-refractivity contribution in [3.63, 3.8) is 0 Å². The molecular weight excluding hydrogens is 304 g/mol. The molecule has 0 aliphatic carbocycles. The number of rotatable bonds is 6. The van der Waals surface area contributed by atoms with E-state index in [-0.39, 0.29) is 23.2 Å². The van der Waals surface area contributed by atoms with Gasteiger partial charge in [0.05, 0.1) is 5.56 Å². The second-order valence-electron chi connectivity index (χ2n) is 5.12. The molecule has 1 unspecified atom stereocenters. The highest BCUT2D eigenvalue weighted by atomic mass is 32.1. The summed E-state index contributed by atoms with van der Waals surface area (Å²) in [5.41, 5.74) is 11.3. The minimum Gasteiger partial charge on any atom is -0.477 e. The number of nitrogen functional groups attached to an aromatic ring is 2. The number of carboxylic acid groups (broad SMARTS) is 1. The Morgan fingerprint density at radius 3 is 2.77 bits per heavy atom. The van der Waals surface area contributed by atoms with Crippen molar-refractivity contribution in [3.05, 3.63) is 37.8 Å². The van der Waals surface area contributed by atoms with Crippen LogP contribution in [0.4, 0.5) is 11.8 Å². The molecule has 6 N–H and O–H groups in total. The Balaban J connectivity index is 1.96. The Kier molecular flexibility index (Phi) is 4.81. The average Bonchev–Trinajstić information content (AvgIpc) is 2.91. The van der Waals surface area contributed by atoms with Crippen LogP contribution in [0.25, 0.3) is 0 Å². The van der Waals surface area contributed by atoms with Gasteiger partial charge in [0.2, 0.25) is 5.95 Å². The summed E-state index contributed by atoms with van der Waals surface area (Å²) in [6.45, 7) is 2.03. The topological polar surface area (TPSA) is 135 Å². The number of thiophene rings is 1. The van der Waals surface area contributed by atoms with Crippen molar-refractivity contribution in [3.8, 4) is 0 Å². The normalized spacial score (nSPS) is 12.2. The predicted molar refractivity (Wildman–Crippen MR) is 86.3 cm³/mol. The van der Waals surface area contributed by atoms with Gasteiger partial charge in [0, 0.05) is 4.88 Å². The van der Waals surface area contributed by atoms with E-state index >= 15 is 0 Å². The highest BCUT2D eigenvalue weighted by Gasteiger charge is 2.13. The Morgan fingerprint density at radius 2 is 2.18 bits per heavy atom. The van der Waals surface area contributed by atoms with E-state index in [1.165, 1.54) is 11.3 Å². The standard InChI is InChI=1S/C14H18N4O3S/c1-7(9-5-6-10(22-9)13(20)21)3-2-4-8-11(15)17-14(16)18-12(8)19/h5-7H,2-4H2,1H3,(H,20,21)(H5,15,16,17,18,19). The highest BCUT2D eigenvalue weighted by Crippen LogP contribution is 2.28. The number of nitrogens with one attached hydrogen (secondary N) is 1. The van der Waals surface area contributed by atoms with Crippen molar-refractivity contribution >= 4 is 29.1 Å². The molecule has 0 fully saturated rings. The van der Waals surface area contributed by atoms with E-state index in [2.05, 4.69) is 9.97 Å². The molecule has 8 heteroatoms. The monoisotopic (exact) mass is 322 g/mol. The number of nitrogens with two attached hydrogens (primary N) is 2. The maximum Gasteiger partial charge on any atom is 0.345 e. The van der Waals surface area contributed by atoms with Crippen LogP contribution in [0, 0.1) is 0 Å². The summed E-state index contributed by atoms with van der Waals surface area (Å²) in [7, 11) is 0. The zero-order valence-corrected chi connectivity index (χ0v) is 12.9. The van der Waals surface area contributed by atoms with E-state index in [9.17, 15) is 9.59 Å². The second-order valence-corrected chi connectivity index (χ2v) is 6.23. The van der Waals surface area contributed by atoms with Crippen LogP contribution in [-0.4, -0.2) is 21.0 Å². The van der Waals surface area contributed by atoms with Crippen LogP contribution < -0.4 is 17.0 Å². The fourth-order valence-corrected chi connectivity index (χ4v) is 3.17. The van der Waals surface area contributed by atoms with Crippen molar-refractivity contribution in [1.82, 2.24) is 9.97 Å². The van der Waals surface area contributed by atoms with Crippen molar-refractivity contribution < 1.29 is 9.90 Å². The SMILES string of the molecule is CC(CCCc1c(N)nc(N)[nH]c1=O)c1ccc(C(=O)O)s1. The summed E-state index contributed by atoms with van der Waals surface area (Å²) in [4.78, 5) is 30.3. The number of carboxylic acids is 1. The Labute approximate surface area is 131 Å². The van der Waals surface area contributed by atoms with Crippen LogP contribution in [0.2, 0.25) is 0 Å². The molecule has 2 rings (SSSR count). The molecule has 22 heavy (non-hydrogen) atoms. The highest BCUT2D eigenvalue weighted by molar-refractivity contribution is 7.14. The number of H-pyrrole nitrogens is 1. The van der Waals surface area contributed by atoms with Crippen LogP contribution in [0.5, 0.6) is 0 Å². The number of nitrogens with zero attached hydrogens (tertiary/aromatic N) is 1.